The van der Waals surface area contributed by atoms with Crippen molar-refractivity contribution in [3.05, 3.63) is 35.9 Å². The van der Waals surface area contributed by atoms with E-state index in [0.29, 0.717) is 5.56 Å². The van der Waals surface area contributed by atoms with Crippen LogP contribution in [0, 0.1) is 0 Å². The SMILES string of the molecule is COC(=O)[C@H](O)C(NC(=O)OC(C)(C)C)c1ccccc1. The highest BCUT2D eigenvalue weighted by Crippen LogP contribution is 2.19. The summed E-state index contributed by atoms with van der Waals surface area (Å²) in [4.78, 5) is 23.4. The molecule has 0 radical (unpaired) electrons. The predicted octanol–water partition coefficient (Wildman–Crippen LogP) is 1.79. The Morgan fingerprint density at radius 3 is 2.24 bits per heavy atom. The molecular weight excluding hydrogens is 274 g/mol. The maximum Gasteiger partial charge on any atom is 0.408 e. The number of benzene rings is 1. The van der Waals surface area contributed by atoms with Gasteiger partial charge in [-0.25, -0.2) is 9.59 Å². The minimum absolute atomic E-state index is 0.571. The fourth-order valence-corrected chi connectivity index (χ4v) is 1.70. The van der Waals surface area contributed by atoms with E-state index >= 15 is 0 Å². The van der Waals surface area contributed by atoms with E-state index in [0.717, 1.165) is 0 Å². The van der Waals surface area contributed by atoms with Crippen LogP contribution in [-0.4, -0.2) is 36.0 Å². The van der Waals surface area contributed by atoms with Gasteiger partial charge >= 0.3 is 12.1 Å². The van der Waals surface area contributed by atoms with Crippen LogP contribution in [0.5, 0.6) is 0 Å². The van der Waals surface area contributed by atoms with Gasteiger partial charge in [0.2, 0.25) is 0 Å². The van der Waals surface area contributed by atoms with Crippen molar-refractivity contribution in [2.45, 2.75) is 38.5 Å². The average molecular weight is 295 g/mol. The molecule has 21 heavy (non-hydrogen) atoms. The molecule has 0 saturated heterocycles. The second-order valence-electron chi connectivity index (χ2n) is 5.50. The first-order chi connectivity index (χ1) is 9.74. The van der Waals surface area contributed by atoms with E-state index in [-0.39, 0.29) is 0 Å². The molecular formula is C15H21NO5. The summed E-state index contributed by atoms with van der Waals surface area (Å²) in [6.45, 7) is 5.17. The van der Waals surface area contributed by atoms with E-state index < -0.39 is 29.8 Å². The van der Waals surface area contributed by atoms with Gasteiger partial charge in [-0.15, -0.1) is 0 Å². The third kappa shape index (κ3) is 5.43. The molecule has 2 N–H and O–H groups in total. The number of hydrogen-bond donors (Lipinski definition) is 2. The molecule has 6 nitrogen and oxygen atoms in total. The maximum atomic E-state index is 11.9. The van der Waals surface area contributed by atoms with Crippen LogP contribution in [0.25, 0.3) is 0 Å². The zero-order valence-corrected chi connectivity index (χ0v) is 12.6. The number of carbonyl (C=O) groups is 2. The lowest BCUT2D eigenvalue weighted by atomic mass is 10.0. The molecule has 0 fully saturated rings. The Kier molecular flexibility index (Phi) is 5.72. The lowest BCUT2D eigenvalue weighted by Gasteiger charge is -2.25. The van der Waals surface area contributed by atoms with E-state index in [1.807, 2.05) is 0 Å². The highest BCUT2D eigenvalue weighted by atomic mass is 16.6. The quantitative estimate of drug-likeness (QED) is 0.827. The van der Waals surface area contributed by atoms with Gasteiger partial charge in [0, 0.05) is 0 Å². The van der Waals surface area contributed by atoms with Crippen LogP contribution in [0.15, 0.2) is 30.3 Å². The normalized spacial score (nSPS) is 14.0. The van der Waals surface area contributed by atoms with Crippen LogP contribution >= 0.6 is 0 Å². The molecule has 116 valence electrons. The van der Waals surface area contributed by atoms with Gasteiger partial charge in [-0.3, -0.25) is 0 Å². The minimum Gasteiger partial charge on any atom is -0.467 e. The average Bonchev–Trinajstić information content (AvgIpc) is 2.42. The third-order valence-electron chi connectivity index (χ3n) is 2.59. The number of ether oxygens (including phenoxy) is 2. The van der Waals surface area contributed by atoms with Gasteiger partial charge in [-0.1, -0.05) is 30.3 Å². The largest absolute Gasteiger partial charge is 0.467 e. The molecule has 0 heterocycles. The Morgan fingerprint density at radius 2 is 1.76 bits per heavy atom. The van der Waals surface area contributed by atoms with Crippen molar-refractivity contribution in [2.24, 2.45) is 0 Å². The number of amides is 1. The van der Waals surface area contributed by atoms with Gasteiger partial charge in [0.15, 0.2) is 6.10 Å². The first kappa shape index (κ1) is 17.0. The highest BCUT2D eigenvalue weighted by molar-refractivity contribution is 5.77. The van der Waals surface area contributed by atoms with Crippen molar-refractivity contribution < 1.29 is 24.2 Å². The molecule has 0 aliphatic rings. The second-order valence-corrected chi connectivity index (χ2v) is 5.50. The minimum atomic E-state index is -1.52. The van der Waals surface area contributed by atoms with E-state index in [1.54, 1.807) is 51.1 Å². The molecule has 0 aliphatic carbocycles. The van der Waals surface area contributed by atoms with Gasteiger partial charge < -0.3 is 19.9 Å². The van der Waals surface area contributed by atoms with Gasteiger partial charge in [0.05, 0.1) is 13.2 Å². The van der Waals surface area contributed by atoms with Crippen molar-refractivity contribution >= 4 is 12.1 Å². The molecule has 0 spiro atoms. The number of hydrogen-bond acceptors (Lipinski definition) is 5. The fourth-order valence-electron chi connectivity index (χ4n) is 1.70. The lowest BCUT2D eigenvalue weighted by Crippen LogP contribution is -2.43. The molecule has 0 saturated carbocycles. The summed E-state index contributed by atoms with van der Waals surface area (Å²) in [7, 11) is 1.17. The zero-order valence-electron chi connectivity index (χ0n) is 12.6. The van der Waals surface area contributed by atoms with Crippen molar-refractivity contribution in [2.75, 3.05) is 7.11 Å². The number of alkyl carbamates (subject to hydrolysis) is 1. The molecule has 0 aromatic heterocycles. The summed E-state index contributed by atoms with van der Waals surface area (Å²) in [6.07, 6.45) is -2.25. The Balaban J connectivity index is 2.93. The molecule has 0 aliphatic heterocycles. The first-order valence-corrected chi connectivity index (χ1v) is 6.55. The van der Waals surface area contributed by atoms with Gasteiger partial charge in [0.25, 0.3) is 0 Å². The number of rotatable bonds is 4. The monoisotopic (exact) mass is 295 g/mol. The van der Waals surface area contributed by atoms with E-state index in [1.165, 1.54) is 7.11 Å². The molecule has 0 bridgehead atoms. The third-order valence-corrected chi connectivity index (χ3v) is 2.59. The second kappa shape index (κ2) is 7.08. The number of aliphatic hydroxyl groups is 1. The number of esters is 1. The molecule has 2 atom stereocenters. The van der Waals surface area contributed by atoms with E-state index in [9.17, 15) is 14.7 Å². The standard InChI is InChI=1S/C15H21NO5/c1-15(2,3)21-14(19)16-11(12(17)13(18)20-4)10-8-6-5-7-9-10/h5-9,11-12,17H,1-4H3,(H,16,19)/t11?,12-/m1/s1. The Morgan fingerprint density at radius 1 is 1.19 bits per heavy atom. The Bertz CT molecular complexity index is 481. The van der Waals surface area contributed by atoms with E-state index in [4.69, 9.17) is 4.74 Å². The van der Waals surface area contributed by atoms with Crippen molar-refractivity contribution in [1.29, 1.82) is 0 Å². The smallest absolute Gasteiger partial charge is 0.408 e. The van der Waals surface area contributed by atoms with Crippen molar-refractivity contribution in [3.8, 4) is 0 Å². The molecule has 1 rings (SSSR count). The number of nitrogens with one attached hydrogen (secondary N) is 1. The molecule has 6 heteroatoms. The van der Waals surface area contributed by atoms with Crippen molar-refractivity contribution in [3.63, 3.8) is 0 Å². The molecule has 1 aromatic rings. The predicted molar refractivity (Wildman–Crippen MR) is 76.6 cm³/mol. The summed E-state index contributed by atoms with van der Waals surface area (Å²) < 4.78 is 9.66. The Labute approximate surface area is 124 Å². The first-order valence-electron chi connectivity index (χ1n) is 6.55. The number of methoxy groups -OCH3 is 1. The molecule has 1 amide bonds. The van der Waals surface area contributed by atoms with Gasteiger partial charge in [0.1, 0.15) is 5.60 Å². The summed E-state index contributed by atoms with van der Waals surface area (Å²) in [5.74, 6) is -0.833. The van der Waals surface area contributed by atoms with Crippen LogP contribution in [0.2, 0.25) is 0 Å². The van der Waals surface area contributed by atoms with Crippen LogP contribution in [-0.2, 0) is 14.3 Å². The number of aliphatic hydroxyl groups excluding tert-OH is 1. The summed E-state index contributed by atoms with van der Waals surface area (Å²) in [5, 5.41) is 12.5. The maximum absolute atomic E-state index is 11.9. The van der Waals surface area contributed by atoms with E-state index in [2.05, 4.69) is 10.1 Å². The van der Waals surface area contributed by atoms with Gasteiger partial charge in [-0.2, -0.15) is 0 Å². The highest BCUT2D eigenvalue weighted by Gasteiger charge is 2.31. The van der Waals surface area contributed by atoms with Crippen LogP contribution < -0.4 is 5.32 Å². The number of carbonyl (C=O) groups excluding carboxylic acids is 2. The van der Waals surface area contributed by atoms with Crippen LogP contribution in [0.1, 0.15) is 32.4 Å². The molecule has 1 unspecified atom stereocenters. The van der Waals surface area contributed by atoms with Crippen molar-refractivity contribution in [1.82, 2.24) is 5.32 Å². The summed E-state index contributed by atoms with van der Waals surface area (Å²) in [5.41, 5.74) is -0.108. The van der Waals surface area contributed by atoms with Gasteiger partial charge in [-0.05, 0) is 26.3 Å². The Hall–Kier alpha value is -2.08. The van der Waals surface area contributed by atoms with Crippen LogP contribution in [0.3, 0.4) is 0 Å². The fraction of sp³-hybridized carbons (Fsp3) is 0.467. The molecule has 1 aromatic carbocycles. The summed E-state index contributed by atoms with van der Waals surface area (Å²) >= 11 is 0. The van der Waals surface area contributed by atoms with Crippen LogP contribution in [0.4, 0.5) is 4.79 Å². The lowest BCUT2D eigenvalue weighted by molar-refractivity contribution is -0.152. The zero-order chi connectivity index (χ0) is 16.0. The summed E-state index contributed by atoms with van der Waals surface area (Å²) in [6, 6.07) is 7.70. The topological polar surface area (TPSA) is 84.9 Å².